The van der Waals surface area contributed by atoms with Crippen LogP contribution in [0.5, 0.6) is 11.5 Å². The summed E-state index contributed by atoms with van der Waals surface area (Å²) in [7, 11) is 1.51. The van der Waals surface area contributed by atoms with Gasteiger partial charge in [-0.2, -0.15) is 9.78 Å². The highest BCUT2D eigenvalue weighted by Gasteiger charge is 2.14. The van der Waals surface area contributed by atoms with Crippen LogP contribution in [-0.4, -0.2) is 35.5 Å². The maximum absolute atomic E-state index is 13.2. The van der Waals surface area contributed by atoms with Crippen molar-refractivity contribution in [3.05, 3.63) is 91.4 Å². The number of nitrogens with zero attached hydrogens (tertiary/aromatic N) is 3. The summed E-state index contributed by atoms with van der Waals surface area (Å²) in [5, 5.41) is 7.71. The SMILES string of the molecule is CCCc1nc2ccc(Br)cc2c(=O)n1N=Cc1cc(Br)c(OCC(=O)Nc2ccccc2)c(OC)c1. The lowest BCUT2D eigenvalue weighted by Gasteiger charge is -2.13. The third-order valence-electron chi connectivity index (χ3n) is 5.33. The molecule has 8 nitrogen and oxygen atoms in total. The summed E-state index contributed by atoms with van der Waals surface area (Å²) in [6.45, 7) is 1.82. The lowest BCUT2D eigenvalue weighted by molar-refractivity contribution is -0.118. The van der Waals surface area contributed by atoms with Gasteiger partial charge in [0.2, 0.25) is 0 Å². The third kappa shape index (κ3) is 6.44. The van der Waals surface area contributed by atoms with E-state index in [0.29, 0.717) is 50.4 Å². The minimum atomic E-state index is -0.302. The van der Waals surface area contributed by atoms with Gasteiger partial charge in [-0.25, -0.2) is 4.98 Å². The van der Waals surface area contributed by atoms with Crippen molar-refractivity contribution in [1.82, 2.24) is 9.66 Å². The molecular weight excluding hydrogens is 604 g/mol. The van der Waals surface area contributed by atoms with E-state index in [4.69, 9.17) is 9.47 Å². The van der Waals surface area contributed by atoms with Gasteiger partial charge in [0, 0.05) is 16.6 Å². The first kappa shape index (κ1) is 26.6. The first-order valence-electron chi connectivity index (χ1n) is 11.5. The average molecular weight is 628 g/mol. The van der Waals surface area contributed by atoms with Crippen LogP contribution < -0.4 is 20.3 Å². The molecule has 0 unspecified atom stereocenters. The maximum Gasteiger partial charge on any atom is 0.282 e. The average Bonchev–Trinajstić information content (AvgIpc) is 2.88. The molecule has 37 heavy (non-hydrogen) atoms. The molecule has 0 aliphatic heterocycles. The number of halogens is 2. The van der Waals surface area contributed by atoms with Crippen molar-refractivity contribution in [3.8, 4) is 11.5 Å². The van der Waals surface area contributed by atoms with E-state index in [1.807, 2.05) is 37.3 Å². The van der Waals surface area contributed by atoms with Gasteiger partial charge in [0.1, 0.15) is 5.82 Å². The lowest BCUT2D eigenvalue weighted by atomic mass is 10.2. The number of hydrogen-bond acceptors (Lipinski definition) is 6. The van der Waals surface area contributed by atoms with Crippen LogP contribution in [0.1, 0.15) is 24.7 Å². The maximum atomic E-state index is 13.2. The van der Waals surface area contributed by atoms with Gasteiger partial charge in [-0.3, -0.25) is 9.59 Å². The van der Waals surface area contributed by atoms with Gasteiger partial charge in [-0.1, -0.05) is 41.1 Å². The third-order valence-corrected chi connectivity index (χ3v) is 6.41. The van der Waals surface area contributed by atoms with Gasteiger partial charge in [-0.15, -0.1) is 0 Å². The zero-order chi connectivity index (χ0) is 26.4. The Kier molecular flexibility index (Phi) is 8.73. The second kappa shape index (κ2) is 12.2. The van der Waals surface area contributed by atoms with E-state index < -0.39 is 0 Å². The Hall–Kier alpha value is -3.50. The smallest absolute Gasteiger partial charge is 0.282 e. The van der Waals surface area contributed by atoms with Crippen molar-refractivity contribution in [2.45, 2.75) is 19.8 Å². The van der Waals surface area contributed by atoms with Gasteiger partial charge in [0.25, 0.3) is 11.5 Å². The number of rotatable bonds is 9. The molecule has 190 valence electrons. The number of benzene rings is 3. The molecule has 3 aromatic carbocycles. The van der Waals surface area contributed by atoms with Crippen molar-refractivity contribution in [2.75, 3.05) is 19.0 Å². The van der Waals surface area contributed by atoms with Gasteiger partial charge >= 0.3 is 0 Å². The van der Waals surface area contributed by atoms with Gasteiger partial charge in [0.15, 0.2) is 18.1 Å². The molecule has 0 fully saturated rings. The number of methoxy groups -OCH3 is 1. The predicted molar refractivity (Wildman–Crippen MR) is 152 cm³/mol. The molecule has 0 aliphatic carbocycles. The number of aryl methyl sites for hydroxylation is 1. The number of carbonyl (C=O) groups is 1. The van der Waals surface area contributed by atoms with Crippen LogP contribution in [0.4, 0.5) is 5.69 Å². The molecule has 0 radical (unpaired) electrons. The summed E-state index contributed by atoms with van der Waals surface area (Å²) in [5.41, 5.74) is 1.72. The van der Waals surface area contributed by atoms with Crippen LogP contribution in [-0.2, 0) is 11.2 Å². The minimum absolute atomic E-state index is 0.203. The van der Waals surface area contributed by atoms with Crippen LogP contribution in [0, 0.1) is 0 Å². The number of ether oxygens (including phenoxy) is 2. The molecule has 4 rings (SSSR count). The van der Waals surface area contributed by atoms with Gasteiger partial charge in [-0.05, 0) is 70.4 Å². The molecule has 0 atom stereocenters. The highest BCUT2D eigenvalue weighted by Crippen LogP contribution is 2.36. The number of nitrogens with one attached hydrogen (secondary N) is 1. The summed E-state index contributed by atoms with van der Waals surface area (Å²) in [4.78, 5) is 30.2. The van der Waals surface area contributed by atoms with Crippen LogP contribution in [0.25, 0.3) is 10.9 Å². The Morgan fingerprint density at radius 3 is 2.65 bits per heavy atom. The Morgan fingerprint density at radius 2 is 1.92 bits per heavy atom. The van der Waals surface area contributed by atoms with Crippen molar-refractivity contribution in [2.24, 2.45) is 5.10 Å². The number of aromatic nitrogens is 2. The molecule has 4 aromatic rings. The van der Waals surface area contributed by atoms with Crippen LogP contribution >= 0.6 is 31.9 Å². The van der Waals surface area contributed by atoms with E-state index in [-0.39, 0.29) is 18.1 Å². The standard InChI is InChI=1S/C27H24Br2N4O4/c1-3-7-24-32-22-11-10-18(28)14-20(22)27(35)33(24)30-15-17-12-21(29)26(23(13-17)36-2)37-16-25(34)31-19-8-5-4-6-9-19/h4-6,8-15H,3,7,16H2,1-2H3,(H,31,34). The fourth-order valence-electron chi connectivity index (χ4n) is 3.63. The fraction of sp³-hybridized carbons (Fsp3) is 0.185. The molecule has 1 heterocycles. The van der Waals surface area contributed by atoms with E-state index in [0.717, 1.165) is 10.9 Å². The topological polar surface area (TPSA) is 94.8 Å². The lowest BCUT2D eigenvalue weighted by Crippen LogP contribution is -2.22. The van der Waals surface area contributed by atoms with E-state index in [1.54, 1.807) is 36.5 Å². The summed E-state index contributed by atoms with van der Waals surface area (Å²) in [6, 6.07) is 18.0. The number of carbonyl (C=O) groups excluding carboxylic acids is 1. The van der Waals surface area contributed by atoms with Crippen molar-refractivity contribution >= 4 is 60.6 Å². The number of amides is 1. The van der Waals surface area contributed by atoms with Crippen molar-refractivity contribution < 1.29 is 14.3 Å². The first-order valence-corrected chi connectivity index (χ1v) is 13.1. The van der Waals surface area contributed by atoms with Gasteiger partial charge in [0.05, 0.1) is 28.7 Å². The Balaban J connectivity index is 1.59. The minimum Gasteiger partial charge on any atom is -0.493 e. The highest BCUT2D eigenvalue weighted by atomic mass is 79.9. The quantitative estimate of drug-likeness (QED) is 0.237. The van der Waals surface area contributed by atoms with E-state index in [1.165, 1.54) is 11.8 Å². The van der Waals surface area contributed by atoms with E-state index >= 15 is 0 Å². The second-order valence-electron chi connectivity index (χ2n) is 8.04. The number of hydrogen-bond donors (Lipinski definition) is 1. The molecule has 0 spiro atoms. The molecule has 1 amide bonds. The number of fused-ring (bicyclic) bond motifs is 1. The Morgan fingerprint density at radius 1 is 1.14 bits per heavy atom. The molecule has 0 bridgehead atoms. The summed E-state index contributed by atoms with van der Waals surface area (Å²) < 4.78 is 13.9. The molecule has 1 N–H and O–H groups in total. The molecule has 10 heteroatoms. The summed E-state index contributed by atoms with van der Waals surface area (Å²) >= 11 is 6.91. The van der Waals surface area contributed by atoms with E-state index in [9.17, 15) is 9.59 Å². The highest BCUT2D eigenvalue weighted by molar-refractivity contribution is 9.10. The molecular formula is C27H24Br2N4O4. The predicted octanol–water partition coefficient (Wildman–Crippen LogP) is 5.78. The number of anilines is 1. The molecule has 0 saturated carbocycles. The summed E-state index contributed by atoms with van der Waals surface area (Å²) in [6.07, 6.45) is 2.97. The van der Waals surface area contributed by atoms with Crippen molar-refractivity contribution in [3.63, 3.8) is 0 Å². The van der Waals surface area contributed by atoms with Crippen LogP contribution in [0.3, 0.4) is 0 Å². The zero-order valence-electron chi connectivity index (χ0n) is 20.2. The van der Waals surface area contributed by atoms with Crippen molar-refractivity contribution in [1.29, 1.82) is 0 Å². The van der Waals surface area contributed by atoms with Crippen LogP contribution in [0.2, 0.25) is 0 Å². The monoisotopic (exact) mass is 626 g/mol. The molecule has 0 saturated heterocycles. The Bertz CT molecular complexity index is 1520. The fourth-order valence-corrected chi connectivity index (χ4v) is 4.57. The largest absolute Gasteiger partial charge is 0.493 e. The normalized spacial score (nSPS) is 11.1. The summed E-state index contributed by atoms with van der Waals surface area (Å²) in [5.74, 6) is 1.06. The zero-order valence-corrected chi connectivity index (χ0v) is 23.4. The van der Waals surface area contributed by atoms with Crippen LogP contribution in [0.15, 0.2) is 79.5 Å². The molecule has 1 aromatic heterocycles. The Labute approximate surface area is 230 Å². The molecule has 0 aliphatic rings. The number of para-hydroxylation sites is 1. The second-order valence-corrected chi connectivity index (χ2v) is 9.81. The van der Waals surface area contributed by atoms with E-state index in [2.05, 4.69) is 47.3 Å². The van der Waals surface area contributed by atoms with Gasteiger partial charge < -0.3 is 14.8 Å². The first-order chi connectivity index (χ1) is 17.9.